The molecule has 1 heterocycles. The number of benzene rings is 2. The third-order valence-corrected chi connectivity index (χ3v) is 4.24. The number of fused-ring (bicyclic) bond motifs is 1. The van der Waals surface area contributed by atoms with Gasteiger partial charge in [-0.25, -0.2) is 9.48 Å². The van der Waals surface area contributed by atoms with Crippen LogP contribution in [0, 0.1) is 6.92 Å². The number of carbonyl (C=O) groups is 1. The highest BCUT2D eigenvalue weighted by atomic mass is 16.5. The van der Waals surface area contributed by atoms with Crippen LogP contribution in [0.2, 0.25) is 0 Å². The molecule has 0 radical (unpaired) electrons. The molecule has 0 aliphatic heterocycles. The Kier molecular flexibility index (Phi) is 6.06. The molecule has 3 rings (SSSR count). The number of ether oxygens (including phenoxy) is 2. The molecule has 0 aliphatic rings. The molecule has 1 N–H and O–H groups in total. The molecule has 7 heteroatoms. The minimum absolute atomic E-state index is 0.0151. The second kappa shape index (κ2) is 8.67. The van der Waals surface area contributed by atoms with Crippen molar-refractivity contribution in [1.82, 2.24) is 9.78 Å². The summed E-state index contributed by atoms with van der Waals surface area (Å²) in [5.41, 5.74) is 0.897. The van der Waals surface area contributed by atoms with Crippen LogP contribution in [0.15, 0.2) is 53.3 Å². The summed E-state index contributed by atoms with van der Waals surface area (Å²) in [5, 5.41) is 15.9. The van der Waals surface area contributed by atoms with Gasteiger partial charge in [-0.15, -0.1) is 0 Å². The SMILES string of the molecule is CCOC(=O)c1ccc(OCC(O)Cn2nc(C)c3ccccc3c2=O)cc1. The quantitative estimate of drug-likeness (QED) is 0.631. The molecule has 0 aliphatic carbocycles. The molecular formula is C21H22N2O5. The van der Waals surface area contributed by atoms with Gasteiger partial charge < -0.3 is 14.6 Å². The normalized spacial score (nSPS) is 12.0. The molecular weight excluding hydrogens is 360 g/mol. The lowest BCUT2D eigenvalue weighted by Gasteiger charge is -2.14. The maximum Gasteiger partial charge on any atom is 0.338 e. The van der Waals surface area contributed by atoms with Crippen molar-refractivity contribution in [1.29, 1.82) is 0 Å². The number of aryl methyl sites for hydroxylation is 1. The van der Waals surface area contributed by atoms with E-state index in [0.29, 0.717) is 23.3 Å². The van der Waals surface area contributed by atoms with E-state index >= 15 is 0 Å². The number of nitrogens with zero attached hydrogens (tertiary/aromatic N) is 2. The Morgan fingerprint density at radius 2 is 1.82 bits per heavy atom. The van der Waals surface area contributed by atoms with Gasteiger partial charge in [0.05, 0.1) is 29.8 Å². The number of aliphatic hydroxyl groups is 1. The van der Waals surface area contributed by atoms with E-state index in [9.17, 15) is 14.7 Å². The van der Waals surface area contributed by atoms with Gasteiger partial charge in [-0.1, -0.05) is 18.2 Å². The second-order valence-electron chi connectivity index (χ2n) is 6.33. The Labute approximate surface area is 162 Å². The van der Waals surface area contributed by atoms with Gasteiger partial charge in [0.2, 0.25) is 0 Å². The lowest BCUT2D eigenvalue weighted by molar-refractivity contribution is 0.0526. The highest BCUT2D eigenvalue weighted by Crippen LogP contribution is 2.14. The Morgan fingerprint density at radius 3 is 2.50 bits per heavy atom. The smallest absolute Gasteiger partial charge is 0.338 e. The first-order chi connectivity index (χ1) is 13.5. The van der Waals surface area contributed by atoms with Crippen LogP contribution in [-0.2, 0) is 11.3 Å². The van der Waals surface area contributed by atoms with Gasteiger partial charge in [0.1, 0.15) is 18.5 Å². The zero-order valence-electron chi connectivity index (χ0n) is 15.8. The van der Waals surface area contributed by atoms with Crippen molar-refractivity contribution >= 4 is 16.7 Å². The largest absolute Gasteiger partial charge is 0.491 e. The van der Waals surface area contributed by atoms with Gasteiger partial charge >= 0.3 is 5.97 Å². The highest BCUT2D eigenvalue weighted by molar-refractivity contribution is 5.89. The maximum atomic E-state index is 12.5. The minimum Gasteiger partial charge on any atom is -0.491 e. The number of aromatic nitrogens is 2. The van der Waals surface area contributed by atoms with Crippen molar-refractivity contribution in [3.63, 3.8) is 0 Å². The molecule has 28 heavy (non-hydrogen) atoms. The summed E-state index contributed by atoms with van der Waals surface area (Å²) in [6.07, 6.45) is -0.921. The Bertz CT molecular complexity index is 1030. The van der Waals surface area contributed by atoms with Crippen LogP contribution in [0.4, 0.5) is 0 Å². The number of hydrogen-bond donors (Lipinski definition) is 1. The first-order valence-corrected chi connectivity index (χ1v) is 9.04. The highest BCUT2D eigenvalue weighted by Gasteiger charge is 2.13. The fourth-order valence-electron chi connectivity index (χ4n) is 2.87. The van der Waals surface area contributed by atoms with Crippen LogP contribution < -0.4 is 10.3 Å². The third-order valence-electron chi connectivity index (χ3n) is 4.24. The first-order valence-electron chi connectivity index (χ1n) is 9.04. The second-order valence-corrected chi connectivity index (χ2v) is 6.33. The summed E-state index contributed by atoms with van der Waals surface area (Å²) >= 11 is 0. The topological polar surface area (TPSA) is 90.7 Å². The van der Waals surface area contributed by atoms with Gasteiger partial charge in [0, 0.05) is 5.39 Å². The van der Waals surface area contributed by atoms with Crippen LogP contribution in [0.1, 0.15) is 23.0 Å². The number of aliphatic hydroxyl groups excluding tert-OH is 1. The number of carbonyl (C=O) groups excluding carboxylic acids is 1. The van der Waals surface area contributed by atoms with Gasteiger partial charge in [0.25, 0.3) is 5.56 Å². The van der Waals surface area contributed by atoms with Crippen molar-refractivity contribution < 1.29 is 19.4 Å². The molecule has 0 fully saturated rings. The van der Waals surface area contributed by atoms with E-state index in [1.165, 1.54) is 4.68 Å². The maximum absolute atomic E-state index is 12.5. The summed E-state index contributed by atoms with van der Waals surface area (Å²) in [4.78, 5) is 24.2. The average molecular weight is 382 g/mol. The van der Waals surface area contributed by atoms with Gasteiger partial charge in [-0.2, -0.15) is 5.10 Å². The van der Waals surface area contributed by atoms with Crippen LogP contribution in [0.5, 0.6) is 5.75 Å². The zero-order valence-corrected chi connectivity index (χ0v) is 15.8. The van der Waals surface area contributed by atoms with E-state index in [-0.39, 0.29) is 18.7 Å². The fourth-order valence-corrected chi connectivity index (χ4v) is 2.87. The molecule has 3 aromatic rings. The van der Waals surface area contributed by atoms with E-state index in [1.807, 2.05) is 19.1 Å². The van der Waals surface area contributed by atoms with E-state index in [0.717, 1.165) is 11.1 Å². The Hall–Kier alpha value is -3.19. The number of rotatable bonds is 7. The lowest BCUT2D eigenvalue weighted by Crippen LogP contribution is -2.32. The minimum atomic E-state index is -0.921. The molecule has 0 saturated heterocycles. The van der Waals surface area contributed by atoms with Crippen LogP contribution in [0.3, 0.4) is 0 Å². The first kappa shape index (κ1) is 19.6. The summed E-state index contributed by atoms with van der Waals surface area (Å²) in [6.45, 7) is 3.88. The van der Waals surface area contributed by atoms with Crippen molar-refractivity contribution in [2.75, 3.05) is 13.2 Å². The third kappa shape index (κ3) is 4.37. The van der Waals surface area contributed by atoms with Crippen molar-refractivity contribution in [2.24, 2.45) is 0 Å². The Balaban J connectivity index is 1.64. The van der Waals surface area contributed by atoms with E-state index < -0.39 is 12.1 Å². The fraction of sp³-hybridized carbons (Fsp3) is 0.286. The summed E-state index contributed by atoms with van der Waals surface area (Å²) in [7, 11) is 0. The van der Waals surface area contributed by atoms with Crippen LogP contribution in [-0.4, -0.2) is 40.2 Å². The van der Waals surface area contributed by atoms with Crippen molar-refractivity contribution in [3.05, 3.63) is 70.1 Å². The Morgan fingerprint density at radius 1 is 1.14 bits per heavy atom. The number of esters is 1. The van der Waals surface area contributed by atoms with Crippen molar-refractivity contribution in [3.8, 4) is 5.75 Å². The molecule has 0 saturated carbocycles. The van der Waals surface area contributed by atoms with Gasteiger partial charge in [-0.3, -0.25) is 4.79 Å². The van der Waals surface area contributed by atoms with E-state index in [1.54, 1.807) is 43.3 Å². The molecule has 7 nitrogen and oxygen atoms in total. The van der Waals surface area contributed by atoms with Crippen molar-refractivity contribution in [2.45, 2.75) is 26.5 Å². The van der Waals surface area contributed by atoms with Crippen LogP contribution >= 0.6 is 0 Å². The molecule has 0 amide bonds. The van der Waals surface area contributed by atoms with E-state index in [4.69, 9.17) is 9.47 Å². The summed E-state index contributed by atoms with van der Waals surface area (Å²) in [5.74, 6) is 0.105. The lowest BCUT2D eigenvalue weighted by atomic mass is 10.1. The molecule has 1 unspecified atom stereocenters. The molecule has 1 aromatic heterocycles. The molecule has 1 atom stereocenters. The molecule has 0 bridgehead atoms. The standard InChI is InChI=1S/C21H22N2O5/c1-3-27-21(26)15-8-10-17(11-9-15)28-13-16(24)12-23-20(25)19-7-5-4-6-18(19)14(2)22-23/h4-11,16,24H,3,12-13H2,1-2H3. The van der Waals surface area contributed by atoms with Gasteiger partial charge in [0.15, 0.2) is 0 Å². The molecule has 0 spiro atoms. The van der Waals surface area contributed by atoms with Gasteiger partial charge in [-0.05, 0) is 44.2 Å². The molecule has 146 valence electrons. The van der Waals surface area contributed by atoms with Crippen LogP contribution in [0.25, 0.3) is 10.8 Å². The summed E-state index contributed by atoms with van der Waals surface area (Å²) < 4.78 is 11.7. The van der Waals surface area contributed by atoms with E-state index in [2.05, 4.69) is 5.10 Å². The average Bonchev–Trinajstić information content (AvgIpc) is 2.71. The zero-order chi connectivity index (χ0) is 20.1. The molecule has 2 aromatic carbocycles. The predicted octanol–water partition coefficient (Wildman–Crippen LogP) is 2.32. The summed E-state index contributed by atoms with van der Waals surface area (Å²) in [6, 6.07) is 13.7. The predicted molar refractivity (Wildman–Crippen MR) is 105 cm³/mol. The number of hydrogen-bond acceptors (Lipinski definition) is 6. The monoisotopic (exact) mass is 382 g/mol.